The summed E-state index contributed by atoms with van der Waals surface area (Å²) >= 11 is 6.29. The monoisotopic (exact) mass is 226 g/mol. The molecule has 74 valence electrons. The number of hydrogen-bond acceptors (Lipinski definition) is 4. The minimum atomic E-state index is 0.202. The molecule has 0 aliphatic rings. The predicted molar refractivity (Wildman–Crippen MR) is 64.9 cm³/mol. The van der Waals surface area contributed by atoms with Gasteiger partial charge in [-0.15, -0.1) is 0 Å². The van der Waals surface area contributed by atoms with Crippen molar-refractivity contribution in [3.63, 3.8) is 0 Å². The van der Waals surface area contributed by atoms with Crippen LogP contribution in [0.2, 0.25) is 0 Å². The normalized spacial score (nSPS) is 10.4. The Kier molecular flexibility index (Phi) is 4.42. The Morgan fingerprint density at radius 2 is 2.29 bits per heavy atom. The van der Waals surface area contributed by atoms with Crippen LogP contribution in [0.15, 0.2) is 29.4 Å². The summed E-state index contributed by atoms with van der Waals surface area (Å²) in [5, 5.41) is 13.3. The van der Waals surface area contributed by atoms with Crippen LogP contribution in [0.4, 0.5) is 0 Å². The number of benzene rings is 1. The standard InChI is InChI=1S/C9H10N2OS2/c1-14-9(13)11-10-6-7-4-2-3-5-8(7)12/h2-6,12H,1H3,(H,11,13). The van der Waals surface area contributed by atoms with Crippen LogP contribution in [0.5, 0.6) is 5.75 Å². The summed E-state index contributed by atoms with van der Waals surface area (Å²) < 4.78 is 0.594. The highest BCUT2D eigenvalue weighted by atomic mass is 32.2. The van der Waals surface area contributed by atoms with Crippen LogP contribution in [-0.2, 0) is 0 Å². The molecule has 0 saturated carbocycles. The largest absolute Gasteiger partial charge is 0.507 e. The molecule has 0 aliphatic carbocycles. The summed E-state index contributed by atoms with van der Waals surface area (Å²) in [4.78, 5) is 0. The molecule has 1 rings (SSSR count). The number of phenols is 1. The number of thioether (sulfide) groups is 1. The second-order valence-corrected chi connectivity index (χ2v) is 3.90. The summed E-state index contributed by atoms with van der Waals surface area (Å²) in [6.45, 7) is 0. The number of phenolic OH excluding ortho intramolecular Hbond substituents is 1. The molecule has 3 nitrogen and oxygen atoms in total. The quantitative estimate of drug-likeness (QED) is 0.460. The topological polar surface area (TPSA) is 44.6 Å². The molecule has 0 aliphatic heterocycles. The van der Waals surface area contributed by atoms with E-state index in [2.05, 4.69) is 10.5 Å². The Labute approximate surface area is 92.2 Å². The number of hydrogen-bond donors (Lipinski definition) is 2. The molecule has 0 heterocycles. The average Bonchev–Trinajstić information content (AvgIpc) is 2.20. The van der Waals surface area contributed by atoms with Crippen molar-refractivity contribution >= 4 is 34.5 Å². The number of nitrogens with one attached hydrogen (secondary N) is 1. The molecule has 0 fully saturated rings. The van der Waals surface area contributed by atoms with Gasteiger partial charge >= 0.3 is 0 Å². The van der Waals surface area contributed by atoms with E-state index in [1.54, 1.807) is 18.2 Å². The molecule has 0 saturated heterocycles. The zero-order chi connectivity index (χ0) is 10.4. The average molecular weight is 226 g/mol. The lowest BCUT2D eigenvalue weighted by Crippen LogP contribution is -2.10. The van der Waals surface area contributed by atoms with Gasteiger partial charge in [0.05, 0.1) is 6.21 Å². The molecule has 5 heteroatoms. The second-order valence-electron chi connectivity index (χ2n) is 2.42. The molecule has 1 aromatic rings. The summed E-state index contributed by atoms with van der Waals surface area (Å²) in [6.07, 6.45) is 3.39. The number of thiocarbonyl (C=S) groups is 1. The van der Waals surface area contributed by atoms with E-state index in [0.29, 0.717) is 9.88 Å². The van der Waals surface area contributed by atoms with Crippen LogP contribution in [0, 0.1) is 0 Å². The maximum absolute atomic E-state index is 9.38. The molecule has 0 amide bonds. The minimum absolute atomic E-state index is 0.202. The van der Waals surface area contributed by atoms with Crippen LogP contribution in [0.3, 0.4) is 0 Å². The molecule has 0 unspecified atom stereocenters. The first-order chi connectivity index (χ1) is 6.74. The van der Waals surface area contributed by atoms with E-state index >= 15 is 0 Å². The Morgan fingerprint density at radius 3 is 2.93 bits per heavy atom. The first kappa shape index (κ1) is 11.0. The van der Waals surface area contributed by atoms with Gasteiger partial charge in [0.25, 0.3) is 0 Å². The van der Waals surface area contributed by atoms with Crippen molar-refractivity contribution in [3.8, 4) is 5.75 Å². The van der Waals surface area contributed by atoms with E-state index in [0.717, 1.165) is 0 Å². The molecule has 0 radical (unpaired) electrons. The van der Waals surface area contributed by atoms with Crippen LogP contribution < -0.4 is 5.43 Å². The molecule has 0 bridgehead atoms. The molecule has 14 heavy (non-hydrogen) atoms. The van der Waals surface area contributed by atoms with Crippen LogP contribution in [-0.4, -0.2) is 21.9 Å². The smallest absolute Gasteiger partial charge is 0.153 e. The first-order valence-corrected chi connectivity index (χ1v) is 5.52. The van der Waals surface area contributed by atoms with Crippen molar-refractivity contribution in [2.24, 2.45) is 5.10 Å². The zero-order valence-corrected chi connectivity index (χ0v) is 9.23. The van der Waals surface area contributed by atoms with Crippen molar-refractivity contribution in [3.05, 3.63) is 29.8 Å². The van der Waals surface area contributed by atoms with Gasteiger partial charge in [0.15, 0.2) is 4.32 Å². The van der Waals surface area contributed by atoms with E-state index in [-0.39, 0.29) is 5.75 Å². The van der Waals surface area contributed by atoms with Gasteiger partial charge in [-0.05, 0) is 18.4 Å². The van der Waals surface area contributed by atoms with Gasteiger partial charge in [-0.2, -0.15) is 5.10 Å². The summed E-state index contributed by atoms with van der Waals surface area (Å²) in [5.74, 6) is 0.202. The van der Waals surface area contributed by atoms with Crippen LogP contribution in [0.1, 0.15) is 5.56 Å². The predicted octanol–water partition coefficient (Wildman–Crippen LogP) is 1.96. The second kappa shape index (κ2) is 5.62. The number of para-hydroxylation sites is 1. The molecular weight excluding hydrogens is 216 g/mol. The third kappa shape index (κ3) is 3.35. The Morgan fingerprint density at radius 1 is 1.57 bits per heavy atom. The molecule has 0 atom stereocenters. The number of hydrazone groups is 1. The van der Waals surface area contributed by atoms with Crippen molar-refractivity contribution in [1.29, 1.82) is 0 Å². The van der Waals surface area contributed by atoms with Gasteiger partial charge < -0.3 is 5.11 Å². The van der Waals surface area contributed by atoms with Crippen molar-refractivity contribution in [1.82, 2.24) is 5.43 Å². The maximum Gasteiger partial charge on any atom is 0.153 e. The fraction of sp³-hybridized carbons (Fsp3) is 0.111. The molecule has 0 aromatic heterocycles. The Hall–Kier alpha value is -1.07. The van der Waals surface area contributed by atoms with Crippen molar-refractivity contribution in [2.75, 3.05) is 6.26 Å². The van der Waals surface area contributed by atoms with Gasteiger partial charge in [-0.3, -0.25) is 5.43 Å². The van der Waals surface area contributed by atoms with Crippen LogP contribution in [0.25, 0.3) is 0 Å². The lowest BCUT2D eigenvalue weighted by atomic mass is 10.2. The van der Waals surface area contributed by atoms with Gasteiger partial charge in [0.2, 0.25) is 0 Å². The number of nitrogens with zero attached hydrogens (tertiary/aromatic N) is 1. The fourth-order valence-electron chi connectivity index (χ4n) is 0.797. The maximum atomic E-state index is 9.38. The van der Waals surface area contributed by atoms with Gasteiger partial charge in [-0.1, -0.05) is 36.1 Å². The number of rotatable bonds is 2. The fourth-order valence-corrected chi connectivity index (χ4v) is 0.994. The zero-order valence-electron chi connectivity index (χ0n) is 7.60. The molecule has 0 spiro atoms. The summed E-state index contributed by atoms with van der Waals surface area (Å²) in [5.41, 5.74) is 3.32. The highest BCUT2D eigenvalue weighted by Gasteiger charge is 1.94. The first-order valence-electron chi connectivity index (χ1n) is 3.89. The highest BCUT2D eigenvalue weighted by Crippen LogP contribution is 2.12. The Balaban J connectivity index is 2.60. The van der Waals surface area contributed by atoms with E-state index in [1.165, 1.54) is 18.0 Å². The van der Waals surface area contributed by atoms with Crippen LogP contribution >= 0.6 is 24.0 Å². The Bertz CT molecular complexity index is 352. The van der Waals surface area contributed by atoms with E-state index in [9.17, 15) is 5.11 Å². The lowest BCUT2D eigenvalue weighted by molar-refractivity contribution is 0.474. The lowest BCUT2D eigenvalue weighted by Gasteiger charge is -1.98. The number of aromatic hydroxyl groups is 1. The summed E-state index contributed by atoms with van der Waals surface area (Å²) in [6, 6.07) is 6.96. The SMILES string of the molecule is CSC(=S)NN=Cc1ccccc1O. The van der Waals surface area contributed by atoms with E-state index in [1.807, 2.05) is 12.3 Å². The van der Waals surface area contributed by atoms with E-state index in [4.69, 9.17) is 12.2 Å². The minimum Gasteiger partial charge on any atom is -0.507 e. The van der Waals surface area contributed by atoms with Gasteiger partial charge in [0.1, 0.15) is 5.75 Å². The molecule has 2 N–H and O–H groups in total. The molecular formula is C9H10N2OS2. The third-order valence-corrected chi connectivity index (χ3v) is 2.53. The van der Waals surface area contributed by atoms with Gasteiger partial charge in [0, 0.05) is 5.56 Å². The molecule has 1 aromatic carbocycles. The third-order valence-electron chi connectivity index (χ3n) is 1.48. The summed E-state index contributed by atoms with van der Waals surface area (Å²) in [7, 11) is 0. The van der Waals surface area contributed by atoms with Crippen molar-refractivity contribution in [2.45, 2.75) is 0 Å². The van der Waals surface area contributed by atoms with E-state index < -0.39 is 0 Å². The van der Waals surface area contributed by atoms with Gasteiger partial charge in [-0.25, -0.2) is 0 Å². The highest BCUT2D eigenvalue weighted by molar-refractivity contribution is 8.22. The van der Waals surface area contributed by atoms with Crippen molar-refractivity contribution < 1.29 is 5.11 Å².